The first-order valence-electron chi connectivity index (χ1n) is 9.46. The van der Waals surface area contributed by atoms with E-state index in [0.29, 0.717) is 18.8 Å². The molecule has 1 aromatic heterocycles. The molecule has 0 bridgehead atoms. The third-order valence-corrected chi connectivity index (χ3v) is 4.62. The lowest BCUT2D eigenvalue weighted by Gasteiger charge is -2.35. The molecular formula is C20H27N5O3. The van der Waals surface area contributed by atoms with Crippen molar-refractivity contribution in [2.24, 2.45) is 5.73 Å². The van der Waals surface area contributed by atoms with E-state index in [1.54, 1.807) is 11.1 Å². The first kappa shape index (κ1) is 20.0. The van der Waals surface area contributed by atoms with Crippen molar-refractivity contribution < 1.29 is 14.3 Å². The topological polar surface area (TPSA) is 102 Å². The smallest absolute Gasteiger partial charge is 0.244 e. The summed E-state index contributed by atoms with van der Waals surface area (Å²) in [6.07, 6.45) is 3.39. The van der Waals surface area contributed by atoms with E-state index in [1.807, 2.05) is 44.2 Å². The van der Waals surface area contributed by atoms with Crippen LogP contribution in [-0.4, -0.2) is 51.8 Å². The van der Waals surface area contributed by atoms with E-state index in [4.69, 9.17) is 10.5 Å². The Balaban J connectivity index is 1.51. The number of hydrogen-bond acceptors (Lipinski definition) is 5. The molecule has 1 saturated heterocycles. The fourth-order valence-corrected chi connectivity index (χ4v) is 3.36. The summed E-state index contributed by atoms with van der Waals surface area (Å²) >= 11 is 0. The summed E-state index contributed by atoms with van der Waals surface area (Å²) in [6.45, 7) is 5.19. The largest absolute Gasteiger partial charge is 0.372 e. The molecule has 2 aromatic rings. The van der Waals surface area contributed by atoms with Crippen LogP contribution in [0.15, 0.2) is 42.7 Å². The van der Waals surface area contributed by atoms with Gasteiger partial charge in [-0.3, -0.25) is 14.3 Å². The van der Waals surface area contributed by atoms with Crippen molar-refractivity contribution in [3.63, 3.8) is 0 Å². The lowest BCUT2D eigenvalue weighted by Crippen LogP contribution is -2.49. The van der Waals surface area contributed by atoms with Gasteiger partial charge in [0.2, 0.25) is 11.8 Å². The molecule has 3 atom stereocenters. The number of carbonyl (C=O) groups is 2. The summed E-state index contributed by atoms with van der Waals surface area (Å²) in [7, 11) is 0. The van der Waals surface area contributed by atoms with E-state index in [9.17, 15) is 9.59 Å². The van der Waals surface area contributed by atoms with Gasteiger partial charge in [0.1, 0.15) is 6.54 Å². The van der Waals surface area contributed by atoms with Gasteiger partial charge in [-0.2, -0.15) is 5.10 Å². The maximum atomic E-state index is 12.5. The highest BCUT2D eigenvalue weighted by Gasteiger charge is 2.26. The predicted octanol–water partition coefficient (Wildman–Crippen LogP) is 1.55. The Bertz CT molecular complexity index is 797. The van der Waals surface area contributed by atoms with Gasteiger partial charge < -0.3 is 20.7 Å². The minimum atomic E-state index is -0.372. The minimum Gasteiger partial charge on any atom is -0.372 e. The number of morpholine rings is 1. The average Bonchev–Trinajstić information content (AvgIpc) is 3.08. The zero-order valence-corrected chi connectivity index (χ0v) is 16.2. The van der Waals surface area contributed by atoms with E-state index in [1.165, 1.54) is 10.9 Å². The van der Waals surface area contributed by atoms with E-state index in [2.05, 4.69) is 10.4 Å². The number of nitrogens with one attached hydrogen (secondary N) is 1. The number of hydrogen-bond donors (Lipinski definition) is 2. The number of amides is 2. The lowest BCUT2D eigenvalue weighted by molar-refractivity contribution is -0.144. The quantitative estimate of drug-likeness (QED) is 0.785. The fraction of sp³-hybridized carbons (Fsp3) is 0.450. The average molecular weight is 385 g/mol. The van der Waals surface area contributed by atoms with E-state index in [0.717, 1.165) is 5.56 Å². The number of rotatable bonds is 6. The molecular weight excluding hydrogens is 358 g/mol. The van der Waals surface area contributed by atoms with Crippen LogP contribution in [0.25, 0.3) is 0 Å². The summed E-state index contributed by atoms with van der Waals surface area (Å²) in [4.78, 5) is 26.5. The van der Waals surface area contributed by atoms with Crippen molar-refractivity contribution >= 4 is 17.5 Å². The van der Waals surface area contributed by atoms with Crippen LogP contribution in [-0.2, 0) is 20.9 Å². The fourth-order valence-electron chi connectivity index (χ4n) is 3.36. The first-order chi connectivity index (χ1) is 13.4. The summed E-state index contributed by atoms with van der Waals surface area (Å²) < 4.78 is 7.18. The van der Waals surface area contributed by atoms with Crippen molar-refractivity contribution in [2.45, 2.75) is 45.1 Å². The third-order valence-electron chi connectivity index (χ3n) is 4.62. The molecule has 8 heteroatoms. The van der Waals surface area contributed by atoms with Gasteiger partial charge in [-0.25, -0.2) is 0 Å². The summed E-state index contributed by atoms with van der Waals surface area (Å²) in [5.74, 6) is -0.216. The summed E-state index contributed by atoms with van der Waals surface area (Å²) in [5.41, 5.74) is 7.54. The number of ether oxygens (including phenoxy) is 1. The molecule has 28 heavy (non-hydrogen) atoms. The standard InChI is InChI=1S/C20H27N5O3/c1-14-10-24(11-15(2)28-14)20(27)13-25-12-17(9-22-25)23-19(26)8-18(21)16-6-4-3-5-7-16/h3-7,9,12,14-15,18H,8,10-11,13,21H2,1-2H3,(H,23,26). The zero-order chi connectivity index (χ0) is 20.1. The monoisotopic (exact) mass is 385 g/mol. The van der Waals surface area contributed by atoms with Crippen LogP contribution in [0.3, 0.4) is 0 Å². The molecule has 8 nitrogen and oxygen atoms in total. The van der Waals surface area contributed by atoms with Crippen molar-refractivity contribution in [1.82, 2.24) is 14.7 Å². The van der Waals surface area contributed by atoms with Crippen LogP contribution >= 0.6 is 0 Å². The number of benzene rings is 1. The molecule has 1 aromatic carbocycles. The molecule has 1 aliphatic rings. The molecule has 3 rings (SSSR count). The van der Waals surface area contributed by atoms with Crippen molar-refractivity contribution in [3.8, 4) is 0 Å². The molecule has 2 amide bonds. The lowest BCUT2D eigenvalue weighted by atomic mass is 10.0. The van der Waals surface area contributed by atoms with Crippen LogP contribution in [0.2, 0.25) is 0 Å². The third kappa shape index (κ3) is 5.40. The van der Waals surface area contributed by atoms with Gasteiger partial charge >= 0.3 is 0 Å². The molecule has 2 heterocycles. The second-order valence-corrected chi connectivity index (χ2v) is 7.25. The minimum absolute atomic E-state index is 0.0194. The van der Waals surface area contributed by atoms with Crippen molar-refractivity contribution in [3.05, 3.63) is 48.3 Å². The van der Waals surface area contributed by atoms with Gasteiger partial charge in [-0.1, -0.05) is 30.3 Å². The van der Waals surface area contributed by atoms with Crippen molar-refractivity contribution in [1.29, 1.82) is 0 Å². The van der Waals surface area contributed by atoms with E-state index < -0.39 is 0 Å². The van der Waals surface area contributed by atoms with Crippen LogP contribution in [0.5, 0.6) is 0 Å². The highest BCUT2D eigenvalue weighted by atomic mass is 16.5. The number of carbonyl (C=O) groups excluding carboxylic acids is 2. The van der Waals surface area contributed by atoms with Crippen LogP contribution in [0.1, 0.15) is 31.9 Å². The van der Waals surface area contributed by atoms with Crippen molar-refractivity contribution in [2.75, 3.05) is 18.4 Å². The Labute approximate surface area is 164 Å². The Morgan fingerprint density at radius 2 is 1.93 bits per heavy atom. The van der Waals surface area contributed by atoms with Gasteiger partial charge in [0.25, 0.3) is 0 Å². The van der Waals surface area contributed by atoms with E-state index >= 15 is 0 Å². The number of nitrogens with two attached hydrogens (primary N) is 1. The van der Waals surface area contributed by atoms with Crippen LogP contribution < -0.4 is 11.1 Å². The number of anilines is 1. The van der Waals surface area contributed by atoms with Gasteiger partial charge in [0, 0.05) is 31.7 Å². The second kappa shape index (κ2) is 8.99. The number of nitrogens with zero attached hydrogens (tertiary/aromatic N) is 3. The molecule has 0 radical (unpaired) electrons. The molecule has 1 fully saturated rings. The van der Waals surface area contributed by atoms with E-state index in [-0.39, 0.29) is 43.0 Å². The normalized spacial score (nSPS) is 20.6. The SMILES string of the molecule is CC1CN(C(=O)Cn2cc(NC(=O)CC(N)c3ccccc3)cn2)CC(C)O1. The molecule has 150 valence electrons. The summed E-state index contributed by atoms with van der Waals surface area (Å²) in [5, 5.41) is 6.95. The molecule has 0 spiro atoms. The Morgan fingerprint density at radius 1 is 1.25 bits per heavy atom. The highest BCUT2D eigenvalue weighted by molar-refractivity contribution is 5.91. The highest BCUT2D eigenvalue weighted by Crippen LogP contribution is 2.15. The van der Waals surface area contributed by atoms with Gasteiger partial charge in [-0.05, 0) is 19.4 Å². The van der Waals surface area contributed by atoms with Crippen LogP contribution in [0, 0.1) is 0 Å². The van der Waals surface area contributed by atoms with Gasteiger partial charge in [0.05, 0.1) is 24.1 Å². The first-order valence-corrected chi connectivity index (χ1v) is 9.46. The zero-order valence-electron chi connectivity index (χ0n) is 16.2. The van der Waals surface area contributed by atoms with Gasteiger partial charge in [0.15, 0.2) is 0 Å². The Morgan fingerprint density at radius 3 is 2.61 bits per heavy atom. The second-order valence-electron chi connectivity index (χ2n) is 7.25. The number of aromatic nitrogens is 2. The maximum absolute atomic E-state index is 12.5. The molecule has 0 saturated carbocycles. The molecule has 3 unspecified atom stereocenters. The van der Waals surface area contributed by atoms with Crippen LogP contribution in [0.4, 0.5) is 5.69 Å². The Kier molecular flexibility index (Phi) is 6.43. The molecule has 0 aliphatic carbocycles. The molecule has 3 N–H and O–H groups in total. The maximum Gasteiger partial charge on any atom is 0.244 e. The van der Waals surface area contributed by atoms with Gasteiger partial charge in [-0.15, -0.1) is 0 Å². The summed E-state index contributed by atoms with van der Waals surface area (Å²) in [6, 6.07) is 9.12. The predicted molar refractivity (Wildman–Crippen MR) is 105 cm³/mol. The Hall–Kier alpha value is -2.71. The molecule has 1 aliphatic heterocycles.